The fourth-order valence-corrected chi connectivity index (χ4v) is 1.78. The second kappa shape index (κ2) is 5.47. The summed E-state index contributed by atoms with van der Waals surface area (Å²) in [5, 5.41) is 15.9. The fourth-order valence-electron chi connectivity index (χ4n) is 1.78. The van der Waals surface area contributed by atoms with Gasteiger partial charge in [0.05, 0.1) is 11.6 Å². The number of nitrogens with one attached hydrogen (secondary N) is 2. The van der Waals surface area contributed by atoms with Gasteiger partial charge in [0.25, 0.3) is 0 Å². The van der Waals surface area contributed by atoms with E-state index in [0.717, 1.165) is 19.4 Å². The van der Waals surface area contributed by atoms with E-state index >= 15 is 0 Å². The predicted molar refractivity (Wildman–Crippen MR) is 59.6 cm³/mol. The second-order valence-electron chi connectivity index (χ2n) is 4.30. The molecule has 1 atom stereocenters. The topological polar surface area (TPSA) is 61.4 Å². The van der Waals surface area contributed by atoms with E-state index in [1.54, 1.807) is 0 Å². The molecule has 1 saturated heterocycles. The zero-order valence-electron chi connectivity index (χ0n) is 9.68. The molecule has 88 valence electrons. The van der Waals surface area contributed by atoms with Crippen molar-refractivity contribution in [3.05, 3.63) is 0 Å². The van der Waals surface area contributed by atoms with E-state index in [4.69, 9.17) is 0 Å². The Labute approximate surface area is 91.4 Å². The Kier molecular flexibility index (Phi) is 4.54. The molecule has 15 heavy (non-hydrogen) atoms. The molecule has 1 heterocycles. The first-order valence-electron chi connectivity index (χ1n) is 5.85. The maximum Gasteiger partial charge on any atom is 0.237 e. The highest BCUT2D eigenvalue weighted by Gasteiger charge is 2.26. The van der Waals surface area contributed by atoms with Gasteiger partial charge in [-0.15, -0.1) is 0 Å². The number of aliphatic hydroxyl groups is 1. The predicted octanol–water partition coefficient (Wildman–Crippen LogP) is 0.406. The Morgan fingerprint density at radius 3 is 2.67 bits per heavy atom. The van der Waals surface area contributed by atoms with E-state index in [-0.39, 0.29) is 11.9 Å². The van der Waals surface area contributed by atoms with E-state index in [1.165, 1.54) is 0 Å². The molecular weight excluding hydrogens is 192 g/mol. The molecule has 0 aromatic carbocycles. The van der Waals surface area contributed by atoms with Crippen LogP contribution >= 0.6 is 0 Å². The molecule has 1 unspecified atom stereocenters. The number of rotatable bonds is 5. The highest BCUT2D eigenvalue weighted by Crippen LogP contribution is 2.13. The quantitative estimate of drug-likeness (QED) is 0.621. The average molecular weight is 214 g/mol. The Morgan fingerprint density at radius 2 is 2.20 bits per heavy atom. The Morgan fingerprint density at radius 1 is 1.53 bits per heavy atom. The van der Waals surface area contributed by atoms with Gasteiger partial charge in [0, 0.05) is 6.54 Å². The molecule has 0 aromatic rings. The highest BCUT2D eigenvalue weighted by atomic mass is 16.3. The van der Waals surface area contributed by atoms with Gasteiger partial charge < -0.3 is 15.7 Å². The van der Waals surface area contributed by atoms with Crippen LogP contribution < -0.4 is 10.6 Å². The van der Waals surface area contributed by atoms with Crippen LogP contribution in [0.2, 0.25) is 0 Å². The zero-order chi connectivity index (χ0) is 11.3. The lowest BCUT2D eigenvalue weighted by molar-refractivity contribution is -0.124. The molecule has 0 spiro atoms. The SMILES string of the molecule is CCC(O)(CC)CNC(=O)C1CCCN1. The summed E-state index contributed by atoms with van der Waals surface area (Å²) in [4.78, 5) is 11.6. The van der Waals surface area contributed by atoms with Crippen LogP contribution in [0.15, 0.2) is 0 Å². The van der Waals surface area contributed by atoms with Crippen molar-refractivity contribution in [3.8, 4) is 0 Å². The third-order valence-corrected chi connectivity index (χ3v) is 3.28. The van der Waals surface area contributed by atoms with Gasteiger partial charge in [-0.3, -0.25) is 4.79 Å². The Hall–Kier alpha value is -0.610. The van der Waals surface area contributed by atoms with Crippen molar-refractivity contribution in [1.29, 1.82) is 0 Å². The Balaban J connectivity index is 2.32. The van der Waals surface area contributed by atoms with Crippen LogP contribution in [0.1, 0.15) is 39.5 Å². The number of hydrogen-bond acceptors (Lipinski definition) is 3. The van der Waals surface area contributed by atoms with Crippen LogP contribution in [-0.2, 0) is 4.79 Å². The molecule has 4 heteroatoms. The summed E-state index contributed by atoms with van der Waals surface area (Å²) in [5.74, 6) is 0.0211. The molecule has 3 N–H and O–H groups in total. The third-order valence-electron chi connectivity index (χ3n) is 3.28. The first kappa shape index (κ1) is 12.5. The first-order valence-corrected chi connectivity index (χ1v) is 5.85. The van der Waals surface area contributed by atoms with Crippen LogP contribution in [0.25, 0.3) is 0 Å². The lowest BCUT2D eigenvalue weighted by Crippen LogP contribution is -2.47. The normalized spacial score (nSPS) is 21.7. The van der Waals surface area contributed by atoms with Crippen LogP contribution in [0.5, 0.6) is 0 Å². The molecule has 0 saturated carbocycles. The van der Waals surface area contributed by atoms with Gasteiger partial charge in [0.15, 0.2) is 0 Å². The number of hydrogen-bond donors (Lipinski definition) is 3. The molecular formula is C11H22N2O2. The van der Waals surface area contributed by atoms with Gasteiger partial charge in [-0.1, -0.05) is 13.8 Å². The van der Waals surface area contributed by atoms with Crippen LogP contribution in [0, 0.1) is 0 Å². The van der Waals surface area contributed by atoms with Gasteiger partial charge in [0.1, 0.15) is 0 Å². The highest BCUT2D eigenvalue weighted by molar-refractivity contribution is 5.82. The molecule has 1 aliphatic heterocycles. The maximum atomic E-state index is 11.6. The number of carbonyl (C=O) groups excluding carboxylic acids is 1. The van der Waals surface area contributed by atoms with E-state index in [9.17, 15) is 9.90 Å². The van der Waals surface area contributed by atoms with E-state index in [2.05, 4.69) is 10.6 Å². The summed E-state index contributed by atoms with van der Waals surface area (Å²) in [6.07, 6.45) is 3.30. The molecule has 4 nitrogen and oxygen atoms in total. The van der Waals surface area contributed by atoms with Crippen molar-refractivity contribution in [2.24, 2.45) is 0 Å². The van der Waals surface area contributed by atoms with Crippen LogP contribution in [0.4, 0.5) is 0 Å². The van der Waals surface area contributed by atoms with E-state index in [0.29, 0.717) is 19.4 Å². The summed E-state index contributed by atoms with van der Waals surface area (Å²) >= 11 is 0. The Bertz CT molecular complexity index is 209. The number of carbonyl (C=O) groups is 1. The molecule has 0 aromatic heterocycles. The van der Waals surface area contributed by atoms with Gasteiger partial charge >= 0.3 is 0 Å². The fraction of sp³-hybridized carbons (Fsp3) is 0.909. The first-order chi connectivity index (χ1) is 7.11. The summed E-state index contributed by atoms with van der Waals surface area (Å²) < 4.78 is 0. The smallest absolute Gasteiger partial charge is 0.237 e. The van der Waals surface area contributed by atoms with Crippen molar-refractivity contribution in [1.82, 2.24) is 10.6 Å². The molecule has 1 rings (SSSR count). The van der Waals surface area contributed by atoms with Crippen molar-refractivity contribution >= 4 is 5.91 Å². The molecule has 1 fully saturated rings. The summed E-state index contributed by atoms with van der Waals surface area (Å²) in [7, 11) is 0. The standard InChI is InChI=1S/C11H22N2O2/c1-3-11(15,4-2)8-13-10(14)9-6-5-7-12-9/h9,12,15H,3-8H2,1-2H3,(H,13,14). The monoisotopic (exact) mass is 214 g/mol. The molecule has 1 amide bonds. The molecule has 1 aliphatic rings. The van der Waals surface area contributed by atoms with Crippen molar-refractivity contribution in [2.75, 3.05) is 13.1 Å². The minimum Gasteiger partial charge on any atom is -0.388 e. The van der Waals surface area contributed by atoms with E-state index in [1.807, 2.05) is 13.8 Å². The van der Waals surface area contributed by atoms with Crippen molar-refractivity contribution in [2.45, 2.75) is 51.2 Å². The molecule has 0 radical (unpaired) electrons. The minimum atomic E-state index is -0.742. The minimum absolute atomic E-state index is 0.0211. The summed E-state index contributed by atoms with van der Waals surface area (Å²) in [6, 6.07) is -0.0528. The largest absolute Gasteiger partial charge is 0.388 e. The van der Waals surface area contributed by atoms with E-state index < -0.39 is 5.60 Å². The lowest BCUT2D eigenvalue weighted by atomic mass is 9.97. The van der Waals surface area contributed by atoms with Crippen molar-refractivity contribution < 1.29 is 9.90 Å². The molecule has 0 bridgehead atoms. The number of amides is 1. The third kappa shape index (κ3) is 3.47. The molecule has 0 aliphatic carbocycles. The van der Waals surface area contributed by atoms with Gasteiger partial charge in [-0.2, -0.15) is 0 Å². The summed E-state index contributed by atoms with van der Waals surface area (Å²) in [6.45, 7) is 5.15. The second-order valence-corrected chi connectivity index (χ2v) is 4.30. The van der Waals surface area contributed by atoms with Gasteiger partial charge in [0.2, 0.25) is 5.91 Å². The zero-order valence-corrected chi connectivity index (χ0v) is 9.68. The average Bonchev–Trinajstić information content (AvgIpc) is 2.79. The van der Waals surface area contributed by atoms with Gasteiger partial charge in [-0.05, 0) is 32.2 Å². The van der Waals surface area contributed by atoms with Crippen molar-refractivity contribution in [3.63, 3.8) is 0 Å². The van der Waals surface area contributed by atoms with Crippen LogP contribution in [-0.4, -0.2) is 35.7 Å². The lowest BCUT2D eigenvalue weighted by Gasteiger charge is -2.26. The van der Waals surface area contributed by atoms with Crippen LogP contribution in [0.3, 0.4) is 0 Å². The van der Waals surface area contributed by atoms with Gasteiger partial charge in [-0.25, -0.2) is 0 Å². The maximum absolute atomic E-state index is 11.6. The summed E-state index contributed by atoms with van der Waals surface area (Å²) in [5.41, 5.74) is -0.742.